The summed E-state index contributed by atoms with van der Waals surface area (Å²) >= 11 is 0. The third-order valence-corrected chi connectivity index (χ3v) is 5.88. The Labute approximate surface area is 183 Å². The van der Waals surface area contributed by atoms with Crippen molar-refractivity contribution in [3.8, 4) is 0 Å². The van der Waals surface area contributed by atoms with E-state index < -0.39 is 0 Å². The minimum atomic E-state index is -0.143. The molecule has 3 aromatic rings. The van der Waals surface area contributed by atoms with Crippen molar-refractivity contribution in [2.45, 2.75) is 32.9 Å². The highest BCUT2D eigenvalue weighted by molar-refractivity contribution is 5.96. The summed E-state index contributed by atoms with van der Waals surface area (Å²) in [5, 5.41) is 0. The van der Waals surface area contributed by atoms with Crippen LogP contribution in [0.5, 0.6) is 0 Å². The van der Waals surface area contributed by atoms with Crippen LogP contribution in [0.1, 0.15) is 46.6 Å². The molecule has 0 N–H and O–H groups in total. The largest absolute Gasteiger partial charge is 0.348 e. The van der Waals surface area contributed by atoms with E-state index >= 15 is 0 Å². The number of nitrogens with zero attached hydrogens (tertiary/aromatic N) is 3. The second-order valence-electron chi connectivity index (χ2n) is 8.12. The molecule has 2 amide bonds. The topological polar surface area (TPSA) is 45.6 Å². The van der Waals surface area contributed by atoms with Crippen LogP contribution in [0.25, 0.3) is 0 Å². The number of amides is 2. The minimum Gasteiger partial charge on any atom is -0.348 e. The first-order chi connectivity index (χ1) is 15.1. The van der Waals surface area contributed by atoms with Crippen molar-refractivity contribution in [3.63, 3.8) is 0 Å². The van der Waals surface area contributed by atoms with Crippen molar-refractivity contribution < 1.29 is 9.59 Å². The number of carbonyl (C=O) groups excluding carboxylic acids is 2. The lowest BCUT2D eigenvalue weighted by Gasteiger charge is -2.38. The maximum Gasteiger partial charge on any atom is 0.254 e. The predicted molar refractivity (Wildman–Crippen MR) is 122 cm³/mol. The van der Waals surface area contributed by atoms with E-state index in [4.69, 9.17) is 0 Å². The number of fused-ring (bicyclic) bond motifs is 1. The van der Waals surface area contributed by atoms with Crippen molar-refractivity contribution in [1.29, 1.82) is 0 Å². The van der Waals surface area contributed by atoms with Gasteiger partial charge in [-0.25, -0.2) is 0 Å². The molecule has 1 aliphatic heterocycles. The molecule has 0 saturated heterocycles. The fourth-order valence-electron chi connectivity index (χ4n) is 4.29. The predicted octanol–water partition coefficient (Wildman–Crippen LogP) is 4.28. The van der Waals surface area contributed by atoms with Gasteiger partial charge in [0.05, 0.1) is 6.04 Å². The Morgan fingerprint density at radius 2 is 1.71 bits per heavy atom. The first-order valence-electron chi connectivity index (χ1n) is 10.9. The van der Waals surface area contributed by atoms with Crippen molar-refractivity contribution in [2.75, 3.05) is 19.6 Å². The third kappa shape index (κ3) is 4.41. The van der Waals surface area contributed by atoms with E-state index in [9.17, 15) is 9.59 Å². The van der Waals surface area contributed by atoms with Crippen molar-refractivity contribution in [3.05, 3.63) is 95.3 Å². The molecule has 2 heterocycles. The average Bonchev–Trinajstić information content (AvgIpc) is 3.27. The molecule has 4 rings (SSSR count). The second kappa shape index (κ2) is 9.21. The first kappa shape index (κ1) is 20.9. The van der Waals surface area contributed by atoms with E-state index in [2.05, 4.69) is 29.0 Å². The monoisotopic (exact) mass is 415 g/mol. The Balaban J connectivity index is 1.59. The van der Waals surface area contributed by atoms with Crippen molar-refractivity contribution in [2.24, 2.45) is 0 Å². The maximum atomic E-state index is 13.5. The van der Waals surface area contributed by atoms with Crippen LogP contribution in [-0.2, 0) is 11.3 Å². The van der Waals surface area contributed by atoms with Crippen LogP contribution in [0.3, 0.4) is 0 Å². The zero-order chi connectivity index (χ0) is 21.8. The summed E-state index contributed by atoms with van der Waals surface area (Å²) < 4.78 is 2.21. The molecular formula is C26H29N3O2. The fourth-order valence-corrected chi connectivity index (χ4v) is 4.29. The molecule has 1 atom stereocenters. The molecule has 5 nitrogen and oxygen atoms in total. The van der Waals surface area contributed by atoms with E-state index in [-0.39, 0.29) is 24.4 Å². The summed E-state index contributed by atoms with van der Waals surface area (Å²) in [6.45, 7) is 6.05. The molecule has 160 valence electrons. The Morgan fingerprint density at radius 1 is 0.968 bits per heavy atom. The van der Waals surface area contributed by atoms with Crippen LogP contribution < -0.4 is 0 Å². The molecule has 0 aliphatic carbocycles. The Bertz CT molecular complexity index is 1040. The lowest BCUT2D eigenvalue weighted by Crippen LogP contribution is -2.48. The molecule has 1 unspecified atom stereocenters. The van der Waals surface area contributed by atoms with E-state index in [1.54, 1.807) is 4.90 Å². The average molecular weight is 416 g/mol. The highest BCUT2D eigenvalue weighted by Gasteiger charge is 2.33. The molecule has 0 spiro atoms. The third-order valence-electron chi connectivity index (χ3n) is 5.88. The van der Waals surface area contributed by atoms with Gasteiger partial charge in [-0.2, -0.15) is 0 Å². The van der Waals surface area contributed by atoms with Gasteiger partial charge in [0.25, 0.3) is 5.91 Å². The van der Waals surface area contributed by atoms with Crippen LogP contribution in [0, 0.1) is 6.92 Å². The number of hydrogen-bond donors (Lipinski definition) is 0. The Hall–Kier alpha value is -3.34. The normalized spacial score (nSPS) is 15.4. The second-order valence-corrected chi connectivity index (χ2v) is 8.12. The molecule has 0 bridgehead atoms. The molecule has 0 saturated carbocycles. The smallest absolute Gasteiger partial charge is 0.254 e. The Kier molecular flexibility index (Phi) is 6.21. The van der Waals surface area contributed by atoms with Crippen molar-refractivity contribution in [1.82, 2.24) is 14.4 Å². The SMILES string of the molecule is CCCN(CC(=O)N1CCn2cccc2C1c1ccccc1)C(=O)c1ccc(C)cc1. The number of benzene rings is 2. The Morgan fingerprint density at radius 3 is 2.42 bits per heavy atom. The summed E-state index contributed by atoms with van der Waals surface area (Å²) in [5.74, 6) is -0.109. The van der Waals surface area contributed by atoms with Gasteiger partial charge in [0.15, 0.2) is 0 Å². The quantitative estimate of drug-likeness (QED) is 0.603. The van der Waals surface area contributed by atoms with Crippen LogP contribution in [0.15, 0.2) is 72.9 Å². The summed E-state index contributed by atoms with van der Waals surface area (Å²) in [4.78, 5) is 30.2. The van der Waals surface area contributed by atoms with Crippen LogP contribution >= 0.6 is 0 Å². The van der Waals surface area contributed by atoms with Gasteiger partial charge in [-0.15, -0.1) is 0 Å². The molecular weight excluding hydrogens is 386 g/mol. The zero-order valence-electron chi connectivity index (χ0n) is 18.2. The lowest BCUT2D eigenvalue weighted by atomic mass is 10.00. The van der Waals surface area contributed by atoms with E-state index in [1.165, 1.54) is 0 Å². The molecule has 5 heteroatoms. The van der Waals surface area contributed by atoms with Gasteiger partial charge in [-0.05, 0) is 43.2 Å². The van der Waals surface area contributed by atoms with Gasteiger partial charge >= 0.3 is 0 Å². The number of hydrogen-bond acceptors (Lipinski definition) is 2. The molecule has 0 radical (unpaired) electrons. The number of aryl methyl sites for hydroxylation is 1. The highest BCUT2D eigenvalue weighted by Crippen LogP contribution is 2.32. The van der Waals surface area contributed by atoms with Crippen molar-refractivity contribution >= 4 is 11.8 Å². The minimum absolute atomic E-state index is 0.0183. The maximum absolute atomic E-state index is 13.5. The standard InChI is InChI=1S/C26H29N3O2/c1-3-15-28(26(31)22-13-11-20(2)12-14-22)19-24(30)29-18-17-27-16-7-10-23(27)25(29)21-8-5-4-6-9-21/h4-14,16,25H,3,15,17-19H2,1-2H3. The molecule has 1 aliphatic rings. The number of rotatable bonds is 6. The molecule has 0 fully saturated rings. The number of carbonyl (C=O) groups is 2. The number of aromatic nitrogens is 1. The fraction of sp³-hybridized carbons (Fsp3) is 0.308. The summed E-state index contributed by atoms with van der Waals surface area (Å²) in [5.41, 5.74) is 3.93. The van der Waals surface area contributed by atoms with E-state index in [0.717, 1.165) is 29.8 Å². The molecule has 1 aromatic heterocycles. The summed E-state index contributed by atoms with van der Waals surface area (Å²) in [6.07, 6.45) is 2.87. The highest BCUT2D eigenvalue weighted by atomic mass is 16.2. The summed E-state index contributed by atoms with van der Waals surface area (Å²) in [6, 6.07) is 21.6. The van der Waals surface area contributed by atoms with Gasteiger partial charge in [0, 0.05) is 37.1 Å². The molecule has 2 aromatic carbocycles. The van der Waals surface area contributed by atoms with Gasteiger partial charge < -0.3 is 14.4 Å². The van der Waals surface area contributed by atoms with Crippen LogP contribution in [0.4, 0.5) is 0 Å². The van der Waals surface area contributed by atoms with Crippen LogP contribution in [-0.4, -0.2) is 45.8 Å². The first-order valence-corrected chi connectivity index (χ1v) is 10.9. The molecule has 31 heavy (non-hydrogen) atoms. The van der Waals surface area contributed by atoms with Crippen LogP contribution in [0.2, 0.25) is 0 Å². The van der Waals surface area contributed by atoms with E-state index in [0.29, 0.717) is 18.7 Å². The van der Waals surface area contributed by atoms with Gasteiger partial charge in [0.2, 0.25) is 5.91 Å². The lowest BCUT2D eigenvalue weighted by molar-refractivity contribution is -0.134. The van der Waals surface area contributed by atoms with Gasteiger partial charge in [-0.1, -0.05) is 55.0 Å². The zero-order valence-corrected chi connectivity index (χ0v) is 18.2. The van der Waals surface area contributed by atoms with E-state index in [1.807, 2.05) is 67.3 Å². The van der Waals surface area contributed by atoms with Gasteiger partial charge in [-0.3, -0.25) is 9.59 Å². The summed E-state index contributed by atoms with van der Waals surface area (Å²) in [7, 11) is 0. The van der Waals surface area contributed by atoms with Gasteiger partial charge in [0.1, 0.15) is 6.54 Å².